The molecule has 2 aromatic carbocycles. The molecule has 0 radical (unpaired) electrons. The van der Waals surface area contributed by atoms with Gasteiger partial charge in [-0.3, -0.25) is 4.79 Å². The van der Waals surface area contributed by atoms with Crippen molar-refractivity contribution in [1.82, 2.24) is 0 Å². The van der Waals surface area contributed by atoms with E-state index in [-0.39, 0.29) is 5.78 Å². The largest absolute Gasteiger partial charge is 0.492 e. The van der Waals surface area contributed by atoms with Gasteiger partial charge in [0.15, 0.2) is 5.78 Å². The van der Waals surface area contributed by atoms with E-state index in [1.54, 1.807) is 0 Å². The second-order valence-corrected chi connectivity index (χ2v) is 5.58. The lowest BCUT2D eigenvalue weighted by Gasteiger charge is -2.20. The summed E-state index contributed by atoms with van der Waals surface area (Å²) in [5.41, 5.74) is 4.89. The van der Waals surface area contributed by atoms with Gasteiger partial charge < -0.3 is 10.1 Å². The molecule has 3 heteroatoms. The van der Waals surface area contributed by atoms with Crippen LogP contribution in [0.4, 0.5) is 5.69 Å². The second kappa shape index (κ2) is 4.92. The van der Waals surface area contributed by atoms with E-state index in [1.807, 2.05) is 30.3 Å². The summed E-state index contributed by atoms with van der Waals surface area (Å²) in [6.07, 6.45) is 2.92. The lowest BCUT2D eigenvalue weighted by atomic mass is 9.91. The number of rotatable bonds is 2. The van der Waals surface area contributed by atoms with Crippen LogP contribution in [-0.4, -0.2) is 18.9 Å². The smallest absolute Gasteiger partial charge is 0.197 e. The highest BCUT2D eigenvalue weighted by Gasteiger charge is 2.24. The molecular weight excluding hydrogens is 262 g/mol. The predicted molar refractivity (Wildman–Crippen MR) is 82.3 cm³/mol. The topological polar surface area (TPSA) is 38.3 Å². The number of carbonyl (C=O) groups is 1. The number of fused-ring (bicyclic) bond motifs is 2. The van der Waals surface area contributed by atoms with E-state index in [0.717, 1.165) is 53.9 Å². The number of hydrogen-bond acceptors (Lipinski definition) is 3. The zero-order valence-electron chi connectivity index (χ0n) is 11.8. The van der Waals surface area contributed by atoms with Crippen LogP contribution >= 0.6 is 0 Å². The zero-order chi connectivity index (χ0) is 14.2. The molecule has 2 aliphatic rings. The molecule has 2 aromatic rings. The SMILES string of the molecule is O=C(c1cccc2c1CCCN2)c1cccc2c1OCC2. The van der Waals surface area contributed by atoms with Gasteiger partial charge in [-0.15, -0.1) is 0 Å². The maximum absolute atomic E-state index is 13.0. The van der Waals surface area contributed by atoms with Crippen molar-refractivity contribution in [3.8, 4) is 5.75 Å². The number of benzene rings is 2. The Balaban J connectivity index is 1.81. The van der Waals surface area contributed by atoms with Crippen molar-refractivity contribution in [2.75, 3.05) is 18.5 Å². The van der Waals surface area contributed by atoms with E-state index >= 15 is 0 Å². The molecule has 2 heterocycles. The number of ether oxygens (including phenoxy) is 1. The Labute approximate surface area is 123 Å². The number of ketones is 1. The first kappa shape index (κ1) is 12.5. The van der Waals surface area contributed by atoms with E-state index in [0.29, 0.717) is 12.2 Å². The Bertz CT molecular complexity index is 721. The van der Waals surface area contributed by atoms with E-state index in [2.05, 4.69) is 11.4 Å². The normalized spacial score (nSPS) is 15.6. The van der Waals surface area contributed by atoms with Crippen molar-refractivity contribution in [2.24, 2.45) is 0 Å². The molecule has 0 fully saturated rings. The van der Waals surface area contributed by atoms with Crippen LogP contribution in [-0.2, 0) is 12.8 Å². The monoisotopic (exact) mass is 279 g/mol. The molecule has 21 heavy (non-hydrogen) atoms. The van der Waals surface area contributed by atoms with E-state index < -0.39 is 0 Å². The van der Waals surface area contributed by atoms with Crippen LogP contribution < -0.4 is 10.1 Å². The van der Waals surface area contributed by atoms with Crippen molar-refractivity contribution in [3.63, 3.8) is 0 Å². The number of anilines is 1. The summed E-state index contributed by atoms with van der Waals surface area (Å²) in [4.78, 5) is 13.0. The Morgan fingerprint density at radius 1 is 1.05 bits per heavy atom. The summed E-state index contributed by atoms with van der Waals surface area (Å²) >= 11 is 0. The fourth-order valence-electron chi connectivity index (χ4n) is 3.26. The molecule has 106 valence electrons. The average molecular weight is 279 g/mol. The van der Waals surface area contributed by atoms with Gasteiger partial charge in [0.25, 0.3) is 0 Å². The van der Waals surface area contributed by atoms with E-state index in [1.165, 1.54) is 0 Å². The number of para-hydroxylation sites is 1. The van der Waals surface area contributed by atoms with Crippen molar-refractivity contribution < 1.29 is 9.53 Å². The van der Waals surface area contributed by atoms with Crippen LogP contribution in [0.2, 0.25) is 0 Å². The Kier molecular flexibility index (Phi) is 2.92. The van der Waals surface area contributed by atoms with Gasteiger partial charge in [-0.25, -0.2) is 0 Å². The summed E-state index contributed by atoms with van der Waals surface area (Å²) in [6.45, 7) is 1.66. The molecule has 0 amide bonds. The maximum Gasteiger partial charge on any atom is 0.197 e. The number of nitrogens with one attached hydrogen (secondary N) is 1. The third-order valence-electron chi connectivity index (χ3n) is 4.30. The Morgan fingerprint density at radius 2 is 1.90 bits per heavy atom. The molecule has 0 saturated heterocycles. The average Bonchev–Trinajstić information content (AvgIpc) is 3.02. The molecule has 0 aliphatic carbocycles. The number of carbonyl (C=O) groups excluding carboxylic acids is 1. The summed E-state index contributed by atoms with van der Waals surface area (Å²) < 4.78 is 5.68. The van der Waals surface area contributed by atoms with Gasteiger partial charge >= 0.3 is 0 Å². The molecular formula is C18H17NO2. The zero-order valence-corrected chi connectivity index (χ0v) is 11.8. The van der Waals surface area contributed by atoms with Crippen LogP contribution in [0.1, 0.15) is 33.5 Å². The highest BCUT2D eigenvalue weighted by atomic mass is 16.5. The minimum Gasteiger partial charge on any atom is -0.492 e. The Morgan fingerprint density at radius 3 is 2.86 bits per heavy atom. The third-order valence-corrected chi connectivity index (χ3v) is 4.30. The molecule has 0 aromatic heterocycles. The van der Waals surface area contributed by atoms with Crippen molar-refractivity contribution in [2.45, 2.75) is 19.3 Å². The predicted octanol–water partition coefficient (Wildman–Crippen LogP) is 3.21. The van der Waals surface area contributed by atoms with Crippen LogP contribution in [0.5, 0.6) is 5.75 Å². The van der Waals surface area contributed by atoms with Crippen LogP contribution in [0, 0.1) is 0 Å². The fraction of sp³-hybridized carbons (Fsp3) is 0.278. The van der Waals surface area contributed by atoms with Gasteiger partial charge in [-0.05, 0) is 36.1 Å². The minimum atomic E-state index is 0.0781. The van der Waals surface area contributed by atoms with Gasteiger partial charge in [-0.2, -0.15) is 0 Å². The van der Waals surface area contributed by atoms with Gasteiger partial charge in [0.1, 0.15) is 5.75 Å². The molecule has 3 nitrogen and oxygen atoms in total. The highest BCUT2D eigenvalue weighted by molar-refractivity contribution is 6.12. The molecule has 4 rings (SSSR count). The van der Waals surface area contributed by atoms with E-state index in [9.17, 15) is 4.79 Å². The molecule has 0 saturated carbocycles. The standard InChI is InChI=1S/C18H17NO2/c20-17(15-6-1-4-12-9-11-21-18(12)15)14-5-2-8-16-13(14)7-3-10-19-16/h1-2,4-6,8,19H,3,7,9-11H2. The summed E-state index contributed by atoms with van der Waals surface area (Å²) in [5.74, 6) is 0.859. The fourth-order valence-corrected chi connectivity index (χ4v) is 3.26. The minimum absolute atomic E-state index is 0.0781. The maximum atomic E-state index is 13.0. The summed E-state index contributed by atoms with van der Waals surface area (Å²) in [5, 5.41) is 3.38. The molecule has 0 unspecified atom stereocenters. The van der Waals surface area contributed by atoms with Crippen molar-refractivity contribution >= 4 is 11.5 Å². The van der Waals surface area contributed by atoms with Gasteiger partial charge in [0, 0.05) is 24.2 Å². The van der Waals surface area contributed by atoms with Gasteiger partial charge in [-0.1, -0.05) is 24.3 Å². The van der Waals surface area contributed by atoms with Crippen LogP contribution in [0.25, 0.3) is 0 Å². The van der Waals surface area contributed by atoms with Crippen molar-refractivity contribution in [1.29, 1.82) is 0 Å². The lowest BCUT2D eigenvalue weighted by Crippen LogP contribution is -2.16. The second-order valence-electron chi connectivity index (χ2n) is 5.58. The lowest BCUT2D eigenvalue weighted by molar-refractivity contribution is 0.103. The molecule has 0 bridgehead atoms. The van der Waals surface area contributed by atoms with Crippen molar-refractivity contribution in [3.05, 3.63) is 58.7 Å². The number of hydrogen-bond donors (Lipinski definition) is 1. The van der Waals surface area contributed by atoms with Gasteiger partial charge in [0.2, 0.25) is 0 Å². The van der Waals surface area contributed by atoms with E-state index in [4.69, 9.17) is 4.74 Å². The summed E-state index contributed by atoms with van der Waals surface area (Å²) in [6, 6.07) is 11.8. The molecule has 2 aliphatic heterocycles. The first-order chi connectivity index (χ1) is 10.3. The molecule has 1 N–H and O–H groups in total. The quantitative estimate of drug-likeness (QED) is 0.858. The Hall–Kier alpha value is -2.29. The van der Waals surface area contributed by atoms with Gasteiger partial charge in [0.05, 0.1) is 12.2 Å². The molecule has 0 spiro atoms. The molecule has 0 atom stereocenters. The van der Waals surface area contributed by atoms with Crippen LogP contribution in [0.3, 0.4) is 0 Å². The van der Waals surface area contributed by atoms with Crippen LogP contribution in [0.15, 0.2) is 36.4 Å². The summed E-state index contributed by atoms with van der Waals surface area (Å²) in [7, 11) is 0. The third kappa shape index (κ3) is 2.00. The first-order valence-electron chi connectivity index (χ1n) is 7.50. The highest BCUT2D eigenvalue weighted by Crippen LogP contribution is 2.33. The first-order valence-corrected chi connectivity index (χ1v) is 7.50.